The van der Waals surface area contributed by atoms with E-state index in [-0.39, 0.29) is 62.0 Å². The summed E-state index contributed by atoms with van der Waals surface area (Å²) in [5.74, 6) is -4.29. The predicted octanol–water partition coefficient (Wildman–Crippen LogP) is 3.49. The van der Waals surface area contributed by atoms with Crippen LogP contribution in [0.5, 0.6) is 11.5 Å². The van der Waals surface area contributed by atoms with Crippen molar-refractivity contribution >= 4 is 34.7 Å². The Hall–Kier alpha value is -5.84. The molecule has 0 amide bonds. The molecule has 2 atom stereocenters. The molecule has 1 radical (unpaired) electrons. The molecule has 4 aromatic rings. The van der Waals surface area contributed by atoms with Gasteiger partial charge in [-0.05, 0) is 23.3 Å². The van der Waals surface area contributed by atoms with Crippen LogP contribution in [0.4, 0.5) is 0 Å². The zero-order chi connectivity index (χ0) is 35.9. The van der Waals surface area contributed by atoms with Gasteiger partial charge in [-0.1, -0.05) is 109 Å². The molecule has 2 unspecified atom stereocenters. The average Bonchev–Trinajstić information content (AvgIpc) is 3.13. The van der Waals surface area contributed by atoms with Crippen LogP contribution < -0.4 is 20.8 Å². The first-order chi connectivity index (χ1) is 24.1. The van der Waals surface area contributed by atoms with Crippen LogP contribution in [0, 0.1) is 0 Å². The smallest absolute Gasteiger partial charge is 0.872 e. The topological polar surface area (TPSA) is 179 Å². The molecule has 0 aromatic heterocycles. The van der Waals surface area contributed by atoms with Gasteiger partial charge >= 0.3 is 17.1 Å². The number of para-hydroxylation sites is 2. The van der Waals surface area contributed by atoms with Crippen LogP contribution in [-0.2, 0) is 26.7 Å². The van der Waals surface area contributed by atoms with Crippen LogP contribution >= 0.6 is 0 Å². The first-order valence-electron chi connectivity index (χ1n) is 15.6. The minimum absolute atomic E-state index is 0. The number of phenolic OH excluding ortho intramolecular Hbond substituents is 2. The predicted molar refractivity (Wildman–Crippen MR) is 183 cm³/mol. The van der Waals surface area contributed by atoms with E-state index in [2.05, 4.69) is 23.8 Å². The number of hydrogen-bond acceptors (Lipinski definition) is 10. The van der Waals surface area contributed by atoms with E-state index in [0.717, 1.165) is 0 Å². The summed E-state index contributed by atoms with van der Waals surface area (Å²) in [5, 5.41) is 52.1. The van der Waals surface area contributed by atoms with Gasteiger partial charge in [0.25, 0.3) is 0 Å². The van der Waals surface area contributed by atoms with Crippen molar-refractivity contribution in [3.8, 4) is 11.5 Å². The molecule has 261 valence electrons. The summed E-state index contributed by atoms with van der Waals surface area (Å²) in [4.78, 5) is 50.1. The zero-order valence-electron chi connectivity index (χ0n) is 27.0. The number of nitrogens with one attached hydrogen (secondary N) is 2. The quantitative estimate of drug-likeness (QED) is 0.107. The summed E-state index contributed by atoms with van der Waals surface area (Å²) in [7, 11) is 0. The molecule has 0 bridgehead atoms. The van der Waals surface area contributed by atoms with Crippen molar-refractivity contribution in [2.45, 2.75) is 12.1 Å². The molecule has 4 aromatic carbocycles. The number of ketones is 4. The van der Waals surface area contributed by atoms with Gasteiger partial charge in [0.1, 0.15) is 11.5 Å². The first kappa shape index (κ1) is 38.0. The third-order valence-electron chi connectivity index (χ3n) is 8.23. The second-order valence-corrected chi connectivity index (χ2v) is 11.3. The molecule has 0 spiro atoms. The molecule has 2 aliphatic rings. The maximum Gasteiger partial charge on any atom is 2.00 e. The molecule has 0 saturated heterocycles. The van der Waals surface area contributed by atoms with Crippen LogP contribution in [0.1, 0.15) is 55.1 Å². The monoisotopic (exact) mass is 731 g/mol. The Labute approximate surface area is 304 Å². The largest absolute Gasteiger partial charge is 2.00 e. The fourth-order valence-electron chi connectivity index (χ4n) is 5.87. The van der Waals surface area contributed by atoms with E-state index in [4.69, 9.17) is 0 Å². The van der Waals surface area contributed by atoms with E-state index < -0.39 is 46.7 Å². The first-order valence-corrected chi connectivity index (χ1v) is 15.6. The fraction of sp³-hybridized carbons (Fsp3) is 0.100. The number of Topliss-reactive ketones (excluding diaryl/α,β-unsaturated/α-hetero) is 4. The summed E-state index contributed by atoms with van der Waals surface area (Å²) >= 11 is 0. The molecule has 2 aliphatic carbocycles. The third kappa shape index (κ3) is 7.52. The summed E-state index contributed by atoms with van der Waals surface area (Å²) in [5.41, 5.74) is 0.952. The summed E-state index contributed by atoms with van der Waals surface area (Å²) in [6.07, 6.45) is 3.14. The van der Waals surface area contributed by atoms with E-state index in [0.29, 0.717) is 24.2 Å². The van der Waals surface area contributed by atoms with Gasteiger partial charge in [-0.2, -0.15) is 0 Å². The van der Waals surface area contributed by atoms with Crippen molar-refractivity contribution in [2.24, 2.45) is 0 Å². The standard InChI is InChI=1S/2C20H17NO4.Cu/c2*1-2-11-21-17(14-9-5-6-10-15(14)22)16-18(23)12-7-3-4-8-13(12)19(24)20(16)25;/h2*2-10,17,21-23H,1,11H2;/q;;+2/p-2. The van der Waals surface area contributed by atoms with Gasteiger partial charge < -0.3 is 31.1 Å². The van der Waals surface area contributed by atoms with Crippen molar-refractivity contribution in [1.82, 2.24) is 10.6 Å². The second kappa shape index (κ2) is 16.7. The molecule has 6 rings (SSSR count). The summed E-state index contributed by atoms with van der Waals surface area (Å²) in [6.45, 7) is 7.80. The van der Waals surface area contributed by atoms with E-state index in [1.54, 1.807) is 72.8 Å². The normalized spacial score (nSPS) is 14.7. The molecule has 0 aliphatic heterocycles. The molecule has 0 fully saturated rings. The van der Waals surface area contributed by atoms with Gasteiger partial charge in [-0.3, -0.25) is 19.2 Å². The van der Waals surface area contributed by atoms with Crippen molar-refractivity contribution in [3.63, 3.8) is 0 Å². The number of hydrogen-bond donors (Lipinski definition) is 4. The SMILES string of the molecule is C=CCNC(C1=C([O-])c2ccccc2C(=O)C1=O)c1ccccc1O.C=CCNC(C1=C([O-])c2ccccc2C(=O)C1=O)c1ccccc1O.[Cu+2]. The number of phenols is 2. The molecular weight excluding hydrogens is 700 g/mol. The minimum atomic E-state index is -0.906. The van der Waals surface area contributed by atoms with Crippen molar-refractivity contribution in [3.05, 3.63) is 167 Å². The molecule has 4 N–H and O–H groups in total. The van der Waals surface area contributed by atoms with Gasteiger partial charge in [0.2, 0.25) is 23.1 Å². The summed E-state index contributed by atoms with van der Waals surface area (Å²) in [6, 6.07) is 23.5. The van der Waals surface area contributed by atoms with Gasteiger partial charge in [0.05, 0.1) is 12.1 Å². The van der Waals surface area contributed by atoms with Crippen LogP contribution in [0.25, 0.3) is 11.5 Å². The third-order valence-corrected chi connectivity index (χ3v) is 8.23. The molecule has 0 heterocycles. The Morgan fingerprint density at radius 1 is 0.529 bits per heavy atom. The maximum atomic E-state index is 12.9. The molecule has 11 heteroatoms. The van der Waals surface area contributed by atoms with E-state index in [9.17, 15) is 39.6 Å². The van der Waals surface area contributed by atoms with Crippen molar-refractivity contribution < 1.29 is 56.7 Å². The Bertz CT molecular complexity index is 1950. The average molecular weight is 732 g/mol. The van der Waals surface area contributed by atoms with Crippen molar-refractivity contribution in [1.29, 1.82) is 0 Å². The van der Waals surface area contributed by atoms with E-state index in [1.165, 1.54) is 36.4 Å². The van der Waals surface area contributed by atoms with E-state index in [1.807, 2.05) is 0 Å². The van der Waals surface area contributed by atoms with Crippen LogP contribution in [0.2, 0.25) is 0 Å². The molecular formula is C40H32CuN2O8. The number of fused-ring (bicyclic) bond motifs is 2. The van der Waals surface area contributed by atoms with Crippen LogP contribution in [0.3, 0.4) is 0 Å². The Morgan fingerprint density at radius 2 is 0.843 bits per heavy atom. The zero-order valence-corrected chi connectivity index (χ0v) is 28.0. The molecule has 0 saturated carbocycles. The maximum absolute atomic E-state index is 12.9. The minimum Gasteiger partial charge on any atom is -0.872 e. The van der Waals surface area contributed by atoms with Gasteiger partial charge in [0, 0.05) is 46.5 Å². The van der Waals surface area contributed by atoms with Crippen molar-refractivity contribution in [2.75, 3.05) is 13.1 Å². The number of carbonyl (C=O) groups excluding carboxylic acids is 4. The molecule has 10 nitrogen and oxygen atoms in total. The molecule has 51 heavy (non-hydrogen) atoms. The van der Waals surface area contributed by atoms with Crippen LogP contribution in [0.15, 0.2) is 134 Å². The second-order valence-electron chi connectivity index (χ2n) is 11.3. The number of aromatic hydroxyl groups is 2. The number of carbonyl (C=O) groups is 4. The Kier molecular flexibility index (Phi) is 12.4. The van der Waals surface area contributed by atoms with Gasteiger partial charge in [-0.15, -0.1) is 13.2 Å². The number of benzene rings is 4. The Balaban J connectivity index is 0.000000224. The Morgan fingerprint density at radius 3 is 1.18 bits per heavy atom. The van der Waals surface area contributed by atoms with Gasteiger partial charge in [-0.25, -0.2) is 0 Å². The summed E-state index contributed by atoms with van der Waals surface area (Å²) < 4.78 is 0. The van der Waals surface area contributed by atoms with Crippen LogP contribution in [-0.4, -0.2) is 46.4 Å². The van der Waals surface area contributed by atoms with Gasteiger partial charge in [0.15, 0.2) is 0 Å². The van der Waals surface area contributed by atoms with E-state index >= 15 is 0 Å². The number of rotatable bonds is 10. The fourth-order valence-corrected chi connectivity index (χ4v) is 5.87.